The molecule has 3 aliphatic rings. The second-order valence-electron chi connectivity index (χ2n) is 6.82. The summed E-state index contributed by atoms with van der Waals surface area (Å²) in [5.74, 6) is 0.882. The van der Waals surface area contributed by atoms with Gasteiger partial charge in [0.25, 0.3) is 0 Å². The van der Waals surface area contributed by atoms with Crippen molar-refractivity contribution in [3.8, 4) is 0 Å². The van der Waals surface area contributed by atoms with E-state index in [1.54, 1.807) is 0 Å². The van der Waals surface area contributed by atoms with E-state index in [4.69, 9.17) is 0 Å². The molecule has 0 radical (unpaired) electrons. The zero-order valence-corrected chi connectivity index (χ0v) is 12.9. The van der Waals surface area contributed by atoms with Gasteiger partial charge in [0, 0.05) is 32.2 Å². The molecule has 0 amide bonds. The molecule has 3 aliphatic heterocycles. The van der Waals surface area contributed by atoms with Crippen molar-refractivity contribution in [2.24, 2.45) is 5.92 Å². The first-order valence-corrected chi connectivity index (χ1v) is 8.81. The Kier molecular flexibility index (Phi) is 5.71. The molecule has 3 heterocycles. The Labute approximate surface area is 124 Å². The fourth-order valence-corrected chi connectivity index (χ4v) is 4.21. The second kappa shape index (κ2) is 7.74. The molecule has 4 heteroatoms. The number of hydrogen-bond acceptors (Lipinski definition) is 4. The highest BCUT2D eigenvalue weighted by molar-refractivity contribution is 4.89. The number of nitrogens with zero attached hydrogens (tertiary/aromatic N) is 2. The summed E-state index contributed by atoms with van der Waals surface area (Å²) in [5.41, 5.74) is 0. The van der Waals surface area contributed by atoms with Crippen LogP contribution in [0.1, 0.15) is 32.1 Å². The van der Waals surface area contributed by atoms with Gasteiger partial charge >= 0.3 is 0 Å². The number of hydrogen-bond donors (Lipinski definition) is 2. The third-order valence-corrected chi connectivity index (χ3v) is 5.37. The minimum Gasteiger partial charge on any atom is -0.315 e. The Bertz CT molecular complexity index is 270. The van der Waals surface area contributed by atoms with Crippen LogP contribution in [0.5, 0.6) is 0 Å². The zero-order valence-electron chi connectivity index (χ0n) is 12.9. The Morgan fingerprint density at radius 1 is 0.800 bits per heavy atom. The molecule has 2 unspecified atom stereocenters. The molecular formula is C16H32N4. The predicted octanol–water partition coefficient (Wildman–Crippen LogP) is 0.746. The summed E-state index contributed by atoms with van der Waals surface area (Å²) in [5, 5.41) is 7.18. The highest BCUT2D eigenvalue weighted by atomic mass is 15.2. The molecule has 0 aromatic heterocycles. The van der Waals surface area contributed by atoms with Gasteiger partial charge in [-0.2, -0.15) is 0 Å². The summed E-state index contributed by atoms with van der Waals surface area (Å²) >= 11 is 0. The fourth-order valence-electron chi connectivity index (χ4n) is 4.21. The van der Waals surface area contributed by atoms with Crippen molar-refractivity contribution in [2.45, 2.75) is 38.1 Å². The molecule has 2 N–H and O–H groups in total. The van der Waals surface area contributed by atoms with Crippen LogP contribution in [0.3, 0.4) is 0 Å². The van der Waals surface area contributed by atoms with Gasteiger partial charge in [-0.3, -0.25) is 4.90 Å². The van der Waals surface area contributed by atoms with Gasteiger partial charge < -0.3 is 15.5 Å². The van der Waals surface area contributed by atoms with E-state index < -0.39 is 0 Å². The maximum atomic E-state index is 3.64. The lowest BCUT2D eigenvalue weighted by Crippen LogP contribution is -2.55. The Hall–Kier alpha value is -0.160. The van der Waals surface area contributed by atoms with E-state index in [2.05, 4.69) is 20.4 Å². The molecule has 0 spiro atoms. The Morgan fingerprint density at radius 3 is 2.60 bits per heavy atom. The first kappa shape index (κ1) is 14.8. The van der Waals surface area contributed by atoms with Crippen molar-refractivity contribution in [3.05, 3.63) is 0 Å². The van der Waals surface area contributed by atoms with Crippen molar-refractivity contribution in [1.29, 1.82) is 0 Å². The van der Waals surface area contributed by atoms with Gasteiger partial charge in [-0.15, -0.1) is 0 Å². The van der Waals surface area contributed by atoms with Crippen molar-refractivity contribution >= 4 is 0 Å². The first-order chi connectivity index (χ1) is 9.93. The van der Waals surface area contributed by atoms with E-state index in [0.717, 1.165) is 12.0 Å². The number of rotatable bonds is 3. The molecule has 3 fully saturated rings. The van der Waals surface area contributed by atoms with Crippen LogP contribution in [-0.2, 0) is 0 Å². The molecule has 0 aromatic carbocycles. The molecule has 4 nitrogen and oxygen atoms in total. The van der Waals surface area contributed by atoms with E-state index >= 15 is 0 Å². The Balaban J connectivity index is 1.57. The normalized spacial score (nSPS) is 34.8. The van der Waals surface area contributed by atoms with E-state index in [1.807, 2.05) is 0 Å². The monoisotopic (exact) mass is 280 g/mol. The van der Waals surface area contributed by atoms with E-state index in [0.29, 0.717) is 0 Å². The average Bonchev–Trinajstić information content (AvgIpc) is 2.78. The molecule has 0 bridgehead atoms. The van der Waals surface area contributed by atoms with Crippen LogP contribution < -0.4 is 10.6 Å². The van der Waals surface area contributed by atoms with Crippen molar-refractivity contribution in [2.75, 3.05) is 58.9 Å². The van der Waals surface area contributed by atoms with Gasteiger partial charge in [0.15, 0.2) is 0 Å². The average molecular weight is 280 g/mol. The van der Waals surface area contributed by atoms with Crippen LogP contribution in [0.2, 0.25) is 0 Å². The molecule has 0 aliphatic carbocycles. The molecule has 3 rings (SSSR count). The van der Waals surface area contributed by atoms with Crippen molar-refractivity contribution in [3.63, 3.8) is 0 Å². The SMILES string of the molecule is C1CCN(CC2CCNCC2N2CCCNCC2)CC1. The highest BCUT2D eigenvalue weighted by Crippen LogP contribution is 2.22. The summed E-state index contributed by atoms with van der Waals surface area (Å²) < 4.78 is 0. The predicted molar refractivity (Wildman–Crippen MR) is 84.1 cm³/mol. The molecule has 20 heavy (non-hydrogen) atoms. The van der Waals surface area contributed by atoms with Crippen LogP contribution in [-0.4, -0.2) is 74.7 Å². The molecule has 116 valence electrons. The van der Waals surface area contributed by atoms with Gasteiger partial charge in [-0.1, -0.05) is 6.42 Å². The maximum Gasteiger partial charge on any atom is 0.0262 e. The maximum absolute atomic E-state index is 3.64. The van der Waals surface area contributed by atoms with E-state index in [1.165, 1.54) is 91.0 Å². The Morgan fingerprint density at radius 2 is 1.70 bits per heavy atom. The lowest BCUT2D eigenvalue weighted by molar-refractivity contribution is 0.0838. The van der Waals surface area contributed by atoms with Crippen LogP contribution in [0.15, 0.2) is 0 Å². The third kappa shape index (κ3) is 3.94. The van der Waals surface area contributed by atoms with Crippen LogP contribution in [0.25, 0.3) is 0 Å². The third-order valence-electron chi connectivity index (χ3n) is 5.37. The lowest BCUT2D eigenvalue weighted by Gasteiger charge is -2.42. The van der Waals surface area contributed by atoms with E-state index in [-0.39, 0.29) is 0 Å². The highest BCUT2D eigenvalue weighted by Gasteiger charge is 2.31. The number of piperidine rings is 2. The molecule has 2 atom stereocenters. The van der Waals surface area contributed by atoms with Crippen molar-refractivity contribution in [1.82, 2.24) is 20.4 Å². The second-order valence-corrected chi connectivity index (χ2v) is 6.82. The smallest absolute Gasteiger partial charge is 0.0262 e. The summed E-state index contributed by atoms with van der Waals surface area (Å²) in [6.07, 6.45) is 6.97. The fraction of sp³-hybridized carbons (Fsp3) is 1.00. The molecule has 0 saturated carbocycles. The van der Waals surface area contributed by atoms with Crippen molar-refractivity contribution < 1.29 is 0 Å². The molecule has 3 saturated heterocycles. The van der Waals surface area contributed by atoms with Gasteiger partial charge in [0.05, 0.1) is 0 Å². The van der Waals surface area contributed by atoms with Gasteiger partial charge in [-0.25, -0.2) is 0 Å². The van der Waals surface area contributed by atoms with Gasteiger partial charge in [-0.05, 0) is 64.3 Å². The largest absolute Gasteiger partial charge is 0.315 e. The molecule has 0 aromatic rings. The minimum atomic E-state index is 0.769. The lowest BCUT2D eigenvalue weighted by atomic mass is 9.90. The van der Waals surface area contributed by atoms with Crippen LogP contribution in [0, 0.1) is 5.92 Å². The van der Waals surface area contributed by atoms with E-state index in [9.17, 15) is 0 Å². The summed E-state index contributed by atoms with van der Waals surface area (Å²) in [6, 6.07) is 0.769. The quantitative estimate of drug-likeness (QED) is 0.798. The number of likely N-dealkylation sites (tertiary alicyclic amines) is 1. The summed E-state index contributed by atoms with van der Waals surface area (Å²) in [7, 11) is 0. The summed E-state index contributed by atoms with van der Waals surface area (Å²) in [6.45, 7) is 11.4. The minimum absolute atomic E-state index is 0.769. The van der Waals surface area contributed by atoms with Gasteiger partial charge in [0.1, 0.15) is 0 Å². The summed E-state index contributed by atoms with van der Waals surface area (Å²) in [4.78, 5) is 5.50. The topological polar surface area (TPSA) is 30.5 Å². The number of nitrogens with one attached hydrogen (secondary N) is 2. The van der Waals surface area contributed by atoms with Crippen LogP contribution >= 0.6 is 0 Å². The standard InChI is InChI=1S/C16H32N4/c1-2-9-19(10-3-1)14-15-5-7-18-13-16(15)20-11-4-6-17-8-12-20/h15-18H,1-14H2. The first-order valence-electron chi connectivity index (χ1n) is 8.81. The zero-order chi connectivity index (χ0) is 13.6. The van der Waals surface area contributed by atoms with Crippen LogP contribution in [0.4, 0.5) is 0 Å². The molecular weight excluding hydrogens is 248 g/mol. The van der Waals surface area contributed by atoms with Gasteiger partial charge in [0.2, 0.25) is 0 Å².